The average molecular weight is 312 g/mol. The van der Waals surface area contributed by atoms with Crippen molar-refractivity contribution in [2.24, 2.45) is 5.92 Å². The zero-order valence-electron chi connectivity index (χ0n) is 13.9. The highest BCUT2D eigenvalue weighted by molar-refractivity contribution is 5.26. The smallest absolute Gasteiger partial charge is 0.180 e. The minimum atomic E-state index is -0.970. The Morgan fingerprint density at radius 1 is 1.14 bits per heavy atom. The van der Waals surface area contributed by atoms with Gasteiger partial charge in [0.25, 0.3) is 0 Å². The van der Waals surface area contributed by atoms with E-state index in [0.717, 1.165) is 18.8 Å². The molecule has 0 aliphatic heterocycles. The first kappa shape index (κ1) is 19.4. The molecule has 0 fully saturated rings. The predicted molar refractivity (Wildman–Crippen MR) is 88.4 cm³/mol. The molecule has 4 nitrogen and oxygen atoms in total. The van der Waals surface area contributed by atoms with E-state index in [4.69, 9.17) is 4.74 Å². The van der Waals surface area contributed by atoms with E-state index in [9.17, 15) is 15.3 Å². The maximum absolute atomic E-state index is 9.89. The van der Waals surface area contributed by atoms with Gasteiger partial charge in [-0.15, -0.1) is 0 Å². The molecule has 1 rings (SSSR count). The SMILES string of the molecule is CC(C)CCCCC[C@@H](O)CCOC(O)C1=CCC(O)C=C1. The molecule has 0 saturated heterocycles. The lowest BCUT2D eigenvalue weighted by molar-refractivity contribution is -0.0781. The highest BCUT2D eigenvalue weighted by Crippen LogP contribution is 2.16. The molecular weight excluding hydrogens is 280 g/mol. The Bertz CT molecular complexity index is 349. The van der Waals surface area contributed by atoms with Crippen molar-refractivity contribution in [3.05, 3.63) is 23.8 Å². The van der Waals surface area contributed by atoms with Gasteiger partial charge in [-0.2, -0.15) is 0 Å². The third-order valence-electron chi connectivity index (χ3n) is 3.94. The van der Waals surface area contributed by atoms with Gasteiger partial charge in [0.2, 0.25) is 0 Å². The average Bonchev–Trinajstić information content (AvgIpc) is 2.47. The van der Waals surface area contributed by atoms with Crippen LogP contribution >= 0.6 is 0 Å². The lowest BCUT2D eigenvalue weighted by Crippen LogP contribution is -2.20. The molecule has 3 atom stereocenters. The quantitative estimate of drug-likeness (QED) is 0.405. The summed E-state index contributed by atoms with van der Waals surface area (Å²) in [5.41, 5.74) is 0.675. The molecule has 1 aliphatic rings. The van der Waals surface area contributed by atoms with E-state index in [1.54, 1.807) is 18.2 Å². The van der Waals surface area contributed by atoms with Crippen LogP contribution in [0.5, 0.6) is 0 Å². The summed E-state index contributed by atoms with van der Waals surface area (Å²) in [7, 11) is 0. The molecule has 0 heterocycles. The lowest BCUT2D eigenvalue weighted by atomic mass is 10.0. The zero-order chi connectivity index (χ0) is 16.4. The van der Waals surface area contributed by atoms with Crippen molar-refractivity contribution >= 4 is 0 Å². The Balaban J connectivity index is 2.04. The highest BCUT2D eigenvalue weighted by Gasteiger charge is 2.14. The van der Waals surface area contributed by atoms with Crippen LogP contribution in [0.15, 0.2) is 23.8 Å². The van der Waals surface area contributed by atoms with Crippen LogP contribution in [0.2, 0.25) is 0 Å². The number of aliphatic hydroxyl groups is 3. The maximum atomic E-state index is 9.89. The van der Waals surface area contributed by atoms with Gasteiger partial charge in [0.05, 0.1) is 18.8 Å². The normalized spacial score (nSPS) is 21.0. The summed E-state index contributed by atoms with van der Waals surface area (Å²) < 4.78 is 5.34. The minimum Gasteiger partial charge on any atom is -0.393 e. The Morgan fingerprint density at radius 3 is 2.50 bits per heavy atom. The maximum Gasteiger partial charge on any atom is 0.180 e. The molecule has 0 bridgehead atoms. The number of ether oxygens (including phenoxy) is 1. The van der Waals surface area contributed by atoms with Crippen molar-refractivity contribution in [3.63, 3.8) is 0 Å². The molecule has 0 aromatic carbocycles. The number of hydrogen-bond acceptors (Lipinski definition) is 4. The zero-order valence-corrected chi connectivity index (χ0v) is 13.9. The van der Waals surface area contributed by atoms with Gasteiger partial charge < -0.3 is 20.1 Å². The molecule has 128 valence electrons. The first-order valence-electron chi connectivity index (χ1n) is 8.53. The molecular formula is C18H32O4. The van der Waals surface area contributed by atoms with E-state index in [0.29, 0.717) is 25.0 Å². The van der Waals surface area contributed by atoms with Crippen molar-refractivity contribution in [2.45, 2.75) is 77.3 Å². The molecule has 0 radical (unpaired) electrons. The summed E-state index contributed by atoms with van der Waals surface area (Å²) in [6.45, 7) is 4.80. The molecule has 0 aromatic heterocycles. The van der Waals surface area contributed by atoms with Gasteiger partial charge >= 0.3 is 0 Å². The fourth-order valence-electron chi connectivity index (χ4n) is 2.47. The standard InChI is InChI=1S/C18H32O4/c1-14(2)6-4-3-5-7-16(19)12-13-22-18(21)15-8-10-17(20)11-9-15/h8-10,14,16-21H,3-7,11-13H2,1-2H3/t16-,17?,18?/m1/s1. The Labute approximate surface area is 134 Å². The first-order valence-corrected chi connectivity index (χ1v) is 8.53. The van der Waals surface area contributed by atoms with E-state index >= 15 is 0 Å². The minimum absolute atomic E-state index is 0.335. The van der Waals surface area contributed by atoms with Crippen molar-refractivity contribution in [1.29, 1.82) is 0 Å². The van der Waals surface area contributed by atoms with Crippen molar-refractivity contribution in [2.75, 3.05) is 6.61 Å². The topological polar surface area (TPSA) is 69.9 Å². The van der Waals surface area contributed by atoms with Crippen molar-refractivity contribution in [3.8, 4) is 0 Å². The van der Waals surface area contributed by atoms with E-state index in [1.807, 2.05) is 0 Å². The summed E-state index contributed by atoms with van der Waals surface area (Å²) in [6, 6.07) is 0. The van der Waals surface area contributed by atoms with Crippen molar-refractivity contribution < 1.29 is 20.1 Å². The molecule has 4 heteroatoms. The van der Waals surface area contributed by atoms with Crippen LogP contribution in [0.4, 0.5) is 0 Å². The van der Waals surface area contributed by atoms with Crippen LogP contribution in [0.1, 0.15) is 58.8 Å². The van der Waals surface area contributed by atoms with Crippen LogP contribution < -0.4 is 0 Å². The molecule has 0 amide bonds. The van der Waals surface area contributed by atoms with Gasteiger partial charge in [-0.1, -0.05) is 57.8 Å². The van der Waals surface area contributed by atoms with Gasteiger partial charge in [0.1, 0.15) is 0 Å². The number of unbranched alkanes of at least 4 members (excludes halogenated alkanes) is 2. The number of rotatable bonds is 11. The Hall–Kier alpha value is -0.680. The summed E-state index contributed by atoms with van der Waals surface area (Å²) in [6.07, 6.45) is 9.85. The van der Waals surface area contributed by atoms with Crippen LogP contribution in [0.25, 0.3) is 0 Å². The second kappa shape index (κ2) is 10.9. The molecule has 0 spiro atoms. The van der Waals surface area contributed by atoms with Gasteiger partial charge in [0.15, 0.2) is 6.29 Å². The third kappa shape index (κ3) is 8.69. The molecule has 2 unspecified atom stereocenters. The summed E-state index contributed by atoms with van der Waals surface area (Å²) >= 11 is 0. The number of aliphatic hydroxyl groups excluding tert-OH is 3. The van der Waals surface area contributed by atoms with Crippen LogP contribution in [0.3, 0.4) is 0 Å². The van der Waals surface area contributed by atoms with E-state index < -0.39 is 12.4 Å². The molecule has 0 aromatic rings. The third-order valence-corrected chi connectivity index (χ3v) is 3.94. The molecule has 1 aliphatic carbocycles. The fraction of sp³-hybridized carbons (Fsp3) is 0.778. The predicted octanol–water partition coefficient (Wildman–Crippen LogP) is 2.93. The molecule has 0 saturated carbocycles. The molecule has 3 N–H and O–H groups in total. The largest absolute Gasteiger partial charge is 0.393 e. The van der Waals surface area contributed by atoms with Crippen LogP contribution in [-0.4, -0.2) is 40.4 Å². The van der Waals surface area contributed by atoms with E-state index in [-0.39, 0.29) is 6.10 Å². The number of hydrogen-bond donors (Lipinski definition) is 3. The Morgan fingerprint density at radius 2 is 1.86 bits per heavy atom. The van der Waals surface area contributed by atoms with Gasteiger partial charge in [-0.3, -0.25) is 0 Å². The van der Waals surface area contributed by atoms with Gasteiger partial charge in [-0.05, 0) is 25.2 Å². The van der Waals surface area contributed by atoms with Gasteiger partial charge in [-0.25, -0.2) is 0 Å². The second-order valence-corrected chi connectivity index (χ2v) is 6.56. The van der Waals surface area contributed by atoms with E-state index in [2.05, 4.69) is 13.8 Å². The van der Waals surface area contributed by atoms with Crippen LogP contribution in [-0.2, 0) is 4.74 Å². The Kier molecular flexibility index (Phi) is 9.64. The summed E-state index contributed by atoms with van der Waals surface area (Å²) in [5, 5.41) is 29.1. The summed E-state index contributed by atoms with van der Waals surface area (Å²) in [5.74, 6) is 0.754. The summed E-state index contributed by atoms with van der Waals surface area (Å²) in [4.78, 5) is 0. The second-order valence-electron chi connectivity index (χ2n) is 6.56. The van der Waals surface area contributed by atoms with Crippen LogP contribution in [0, 0.1) is 5.92 Å². The van der Waals surface area contributed by atoms with Crippen molar-refractivity contribution in [1.82, 2.24) is 0 Å². The lowest BCUT2D eigenvalue weighted by Gasteiger charge is -2.18. The molecule has 22 heavy (non-hydrogen) atoms. The van der Waals surface area contributed by atoms with Gasteiger partial charge in [0, 0.05) is 5.57 Å². The van der Waals surface area contributed by atoms with E-state index in [1.165, 1.54) is 19.3 Å². The highest BCUT2D eigenvalue weighted by atomic mass is 16.6. The monoisotopic (exact) mass is 312 g/mol. The fourth-order valence-corrected chi connectivity index (χ4v) is 2.47. The first-order chi connectivity index (χ1) is 10.5.